The van der Waals surface area contributed by atoms with E-state index in [0.29, 0.717) is 23.9 Å². The van der Waals surface area contributed by atoms with Crippen molar-refractivity contribution in [2.45, 2.75) is 40.3 Å². The van der Waals surface area contributed by atoms with E-state index in [0.717, 1.165) is 28.2 Å². The Bertz CT molecular complexity index is 868. The van der Waals surface area contributed by atoms with Crippen molar-refractivity contribution in [2.75, 3.05) is 0 Å². The van der Waals surface area contributed by atoms with Crippen LogP contribution in [0.2, 0.25) is 0 Å². The monoisotopic (exact) mass is 368 g/mol. The minimum absolute atomic E-state index is 0.0519. The number of aromatic nitrogens is 3. The highest BCUT2D eigenvalue weighted by Crippen LogP contribution is 2.21. The quantitative estimate of drug-likeness (QED) is 0.689. The summed E-state index contributed by atoms with van der Waals surface area (Å²) in [7, 11) is 0. The highest BCUT2D eigenvalue weighted by Gasteiger charge is 2.16. The molecule has 1 aromatic carbocycles. The number of hydrogen-bond acceptors (Lipinski definition) is 4. The Morgan fingerprint density at radius 2 is 2.00 bits per heavy atom. The predicted octanol–water partition coefficient (Wildman–Crippen LogP) is 3.82. The van der Waals surface area contributed by atoms with Gasteiger partial charge in [-0.15, -0.1) is 11.3 Å². The molecule has 1 N–H and O–H groups in total. The van der Waals surface area contributed by atoms with Crippen LogP contribution in [0, 0.1) is 12.8 Å². The second-order valence-corrected chi connectivity index (χ2v) is 7.86. The van der Waals surface area contributed by atoms with Gasteiger partial charge in [0, 0.05) is 25.4 Å². The van der Waals surface area contributed by atoms with Gasteiger partial charge in [-0.2, -0.15) is 5.10 Å². The summed E-state index contributed by atoms with van der Waals surface area (Å²) < 4.78 is 1.88. The predicted molar refractivity (Wildman–Crippen MR) is 104 cm³/mol. The Balaban J connectivity index is 1.67. The molecule has 0 spiro atoms. The second-order valence-electron chi connectivity index (χ2n) is 6.78. The standard InChI is InChI=1S/C20H24N4OS/c1-14(2)11-18-23-15(3)19(26-18)20(25)21-12-16-7-4-5-8-17(16)13-24-10-6-9-22-24/h4-10,14H,11-13H2,1-3H3,(H,21,25). The summed E-state index contributed by atoms with van der Waals surface area (Å²) in [6.07, 6.45) is 4.61. The van der Waals surface area contributed by atoms with Gasteiger partial charge in [0.05, 0.1) is 17.2 Å². The lowest BCUT2D eigenvalue weighted by Crippen LogP contribution is -2.23. The molecule has 0 unspecified atom stereocenters. The zero-order chi connectivity index (χ0) is 18.5. The zero-order valence-electron chi connectivity index (χ0n) is 15.4. The molecule has 2 aromatic heterocycles. The normalized spacial score (nSPS) is 11.1. The topological polar surface area (TPSA) is 59.8 Å². The highest BCUT2D eigenvalue weighted by molar-refractivity contribution is 7.13. The van der Waals surface area contributed by atoms with Crippen LogP contribution in [0.3, 0.4) is 0 Å². The Hall–Kier alpha value is -2.47. The molecular formula is C20H24N4OS. The molecule has 3 aromatic rings. The number of hydrogen-bond donors (Lipinski definition) is 1. The molecular weight excluding hydrogens is 344 g/mol. The molecule has 0 aliphatic heterocycles. The van der Waals surface area contributed by atoms with E-state index < -0.39 is 0 Å². The summed E-state index contributed by atoms with van der Waals surface area (Å²) >= 11 is 1.50. The van der Waals surface area contributed by atoms with Gasteiger partial charge in [-0.3, -0.25) is 9.48 Å². The SMILES string of the molecule is Cc1nc(CC(C)C)sc1C(=O)NCc1ccccc1Cn1cccn1. The maximum Gasteiger partial charge on any atom is 0.263 e. The van der Waals surface area contributed by atoms with Gasteiger partial charge < -0.3 is 5.32 Å². The lowest BCUT2D eigenvalue weighted by atomic mass is 10.1. The third-order valence-corrected chi connectivity index (χ3v) is 5.26. The number of thiazole rings is 1. The number of benzene rings is 1. The number of carbonyl (C=O) groups excluding carboxylic acids is 1. The van der Waals surface area contributed by atoms with E-state index in [2.05, 4.69) is 35.3 Å². The van der Waals surface area contributed by atoms with Crippen LogP contribution in [0.1, 0.15) is 45.3 Å². The molecule has 1 amide bonds. The molecule has 6 heteroatoms. The maximum absolute atomic E-state index is 12.6. The van der Waals surface area contributed by atoms with Gasteiger partial charge in [-0.25, -0.2) is 4.98 Å². The Kier molecular flexibility index (Phi) is 5.83. The number of amides is 1. The van der Waals surface area contributed by atoms with E-state index >= 15 is 0 Å². The largest absolute Gasteiger partial charge is 0.347 e. The summed E-state index contributed by atoms with van der Waals surface area (Å²) in [6, 6.07) is 10.0. The van der Waals surface area contributed by atoms with Crippen LogP contribution < -0.4 is 5.32 Å². The fraction of sp³-hybridized carbons (Fsp3) is 0.350. The average molecular weight is 369 g/mol. The van der Waals surface area contributed by atoms with Crippen molar-refractivity contribution < 1.29 is 4.79 Å². The summed E-state index contributed by atoms with van der Waals surface area (Å²) in [5.74, 6) is 0.481. The second kappa shape index (κ2) is 8.27. The van der Waals surface area contributed by atoms with Crippen LogP contribution in [0.5, 0.6) is 0 Å². The average Bonchev–Trinajstić information content (AvgIpc) is 3.23. The maximum atomic E-state index is 12.6. The number of carbonyl (C=O) groups is 1. The molecule has 0 aliphatic rings. The number of rotatable bonds is 7. The molecule has 0 radical (unpaired) electrons. The molecule has 0 saturated heterocycles. The van der Waals surface area contributed by atoms with Gasteiger partial charge in [-0.05, 0) is 30.0 Å². The lowest BCUT2D eigenvalue weighted by molar-refractivity contribution is 0.0954. The van der Waals surface area contributed by atoms with Crippen molar-refractivity contribution in [1.29, 1.82) is 0 Å². The van der Waals surface area contributed by atoms with E-state index in [1.165, 1.54) is 11.3 Å². The summed E-state index contributed by atoms with van der Waals surface area (Å²) in [5.41, 5.74) is 3.06. The van der Waals surface area contributed by atoms with Crippen molar-refractivity contribution in [2.24, 2.45) is 5.92 Å². The Labute approximate surface area is 158 Å². The number of nitrogens with zero attached hydrogens (tertiary/aromatic N) is 3. The summed E-state index contributed by atoms with van der Waals surface area (Å²) in [4.78, 5) is 17.9. The third kappa shape index (κ3) is 4.58. The van der Waals surface area contributed by atoms with Gasteiger partial charge in [0.2, 0.25) is 0 Å². The molecule has 0 fully saturated rings. The van der Waals surface area contributed by atoms with Crippen LogP contribution in [0.25, 0.3) is 0 Å². The zero-order valence-corrected chi connectivity index (χ0v) is 16.2. The van der Waals surface area contributed by atoms with Gasteiger partial charge >= 0.3 is 0 Å². The number of nitrogens with one attached hydrogen (secondary N) is 1. The third-order valence-electron chi connectivity index (χ3n) is 4.08. The molecule has 2 heterocycles. The Morgan fingerprint density at radius 3 is 2.69 bits per heavy atom. The van der Waals surface area contributed by atoms with Crippen molar-refractivity contribution in [3.8, 4) is 0 Å². The van der Waals surface area contributed by atoms with E-state index in [9.17, 15) is 4.79 Å². The minimum atomic E-state index is -0.0519. The fourth-order valence-corrected chi connectivity index (χ4v) is 4.00. The van der Waals surface area contributed by atoms with Crippen LogP contribution in [-0.2, 0) is 19.5 Å². The van der Waals surface area contributed by atoms with Gasteiger partial charge in [0.25, 0.3) is 5.91 Å². The highest BCUT2D eigenvalue weighted by atomic mass is 32.1. The first kappa shape index (κ1) is 18.3. The smallest absolute Gasteiger partial charge is 0.263 e. The summed E-state index contributed by atoms with van der Waals surface area (Å²) in [5, 5.41) is 8.33. The van der Waals surface area contributed by atoms with Crippen molar-refractivity contribution in [1.82, 2.24) is 20.1 Å². The summed E-state index contributed by atoms with van der Waals surface area (Å²) in [6.45, 7) is 7.41. The molecule has 0 atom stereocenters. The van der Waals surface area contributed by atoms with Crippen molar-refractivity contribution in [3.63, 3.8) is 0 Å². The molecule has 26 heavy (non-hydrogen) atoms. The fourth-order valence-electron chi connectivity index (χ4n) is 2.81. The van der Waals surface area contributed by atoms with Gasteiger partial charge in [0.1, 0.15) is 4.88 Å². The van der Waals surface area contributed by atoms with Crippen LogP contribution >= 0.6 is 11.3 Å². The molecule has 0 aliphatic carbocycles. The van der Waals surface area contributed by atoms with Crippen molar-refractivity contribution in [3.05, 3.63) is 69.4 Å². The van der Waals surface area contributed by atoms with E-state index in [1.807, 2.05) is 42.1 Å². The van der Waals surface area contributed by atoms with E-state index in [4.69, 9.17) is 0 Å². The first-order valence-electron chi connectivity index (χ1n) is 8.81. The Morgan fingerprint density at radius 1 is 1.23 bits per heavy atom. The lowest BCUT2D eigenvalue weighted by Gasteiger charge is -2.10. The van der Waals surface area contributed by atoms with E-state index in [-0.39, 0.29) is 5.91 Å². The molecule has 136 valence electrons. The van der Waals surface area contributed by atoms with Gasteiger partial charge in [0.15, 0.2) is 0 Å². The van der Waals surface area contributed by atoms with Crippen molar-refractivity contribution >= 4 is 17.2 Å². The first-order chi connectivity index (χ1) is 12.5. The van der Waals surface area contributed by atoms with Crippen LogP contribution in [0.4, 0.5) is 0 Å². The first-order valence-corrected chi connectivity index (χ1v) is 9.63. The van der Waals surface area contributed by atoms with Gasteiger partial charge in [-0.1, -0.05) is 38.1 Å². The number of aryl methyl sites for hydroxylation is 1. The minimum Gasteiger partial charge on any atom is -0.347 e. The molecule has 0 bridgehead atoms. The molecule has 5 nitrogen and oxygen atoms in total. The van der Waals surface area contributed by atoms with Crippen LogP contribution in [0.15, 0.2) is 42.7 Å². The molecule has 3 rings (SSSR count). The van der Waals surface area contributed by atoms with Crippen LogP contribution in [-0.4, -0.2) is 20.7 Å². The molecule has 0 saturated carbocycles. The van der Waals surface area contributed by atoms with E-state index in [1.54, 1.807) is 6.20 Å².